The zero-order valence-corrected chi connectivity index (χ0v) is 7.76. The SMILES string of the molecule is O=C1NC(C2CCC(F)(F)CC2)CO1. The Bertz CT molecular complexity index is 235. The van der Waals surface area contributed by atoms with Crippen molar-refractivity contribution in [1.29, 1.82) is 0 Å². The highest BCUT2D eigenvalue weighted by Crippen LogP contribution is 2.37. The minimum atomic E-state index is -2.50. The number of alkyl carbamates (subject to hydrolysis) is 1. The van der Waals surface area contributed by atoms with Crippen LogP contribution in [0.1, 0.15) is 25.7 Å². The van der Waals surface area contributed by atoms with E-state index < -0.39 is 12.0 Å². The number of hydrogen-bond acceptors (Lipinski definition) is 2. The van der Waals surface area contributed by atoms with Gasteiger partial charge in [-0.15, -0.1) is 0 Å². The zero-order valence-electron chi connectivity index (χ0n) is 7.76. The number of carbonyl (C=O) groups excluding carboxylic acids is 1. The average Bonchev–Trinajstić information content (AvgIpc) is 2.52. The van der Waals surface area contributed by atoms with Crippen molar-refractivity contribution < 1.29 is 18.3 Å². The average molecular weight is 205 g/mol. The van der Waals surface area contributed by atoms with E-state index in [0.717, 1.165) is 0 Å². The summed E-state index contributed by atoms with van der Waals surface area (Å²) in [5.74, 6) is -2.35. The molecule has 1 saturated carbocycles. The van der Waals surface area contributed by atoms with Crippen molar-refractivity contribution in [1.82, 2.24) is 5.32 Å². The molecule has 2 rings (SSSR count). The van der Waals surface area contributed by atoms with E-state index in [1.165, 1.54) is 0 Å². The van der Waals surface area contributed by atoms with Crippen molar-refractivity contribution in [2.75, 3.05) is 6.61 Å². The molecule has 3 nitrogen and oxygen atoms in total. The highest BCUT2D eigenvalue weighted by Gasteiger charge is 2.39. The number of cyclic esters (lactones) is 1. The van der Waals surface area contributed by atoms with Crippen LogP contribution >= 0.6 is 0 Å². The number of rotatable bonds is 1. The predicted octanol–water partition coefficient (Wildman–Crippen LogP) is 1.92. The lowest BCUT2D eigenvalue weighted by Crippen LogP contribution is -2.38. The standard InChI is InChI=1S/C9H13F2NO2/c10-9(11)3-1-6(2-4-9)7-5-14-8(13)12-7/h6-7H,1-5H2,(H,12,13). The van der Waals surface area contributed by atoms with E-state index in [1.54, 1.807) is 0 Å². The van der Waals surface area contributed by atoms with E-state index in [1.807, 2.05) is 0 Å². The van der Waals surface area contributed by atoms with Gasteiger partial charge in [-0.25, -0.2) is 13.6 Å². The van der Waals surface area contributed by atoms with Crippen LogP contribution in [0, 0.1) is 5.92 Å². The lowest BCUT2D eigenvalue weighted by atomic mass is 9.82. The third-order valence-corrected chi connectivity index (χ3v) is 3.03. The van der Waals surface area contributed by atoms with Crippen molar-refractivity contribution in [2.45, 2.75) is 37.6 Å². The summed E-state index contributed by atoms with van der Waals surface area (Å²) in [6, 6.07) is -0.0569. The highest BCUT2D eigenvalue weighted by atomic mass is 19.3. The monoisotopic (exact) mass is 205 g/mol. The molecule has 1 aliphatic carbocycles. The Morgan fingerprint density at radius 3 is 2.50 bits per heavy atom. The van der Waals surface area contributed by atoms with Crippen LogP contribution in [0.3, 0.4) is 0 Å². The second-order valence-electron chi connectivity index (χ2n) is 4.04. The molecule has 80 valence electrons. The molecule has 0 spiro atoms. The fraction of sp³-hybridized carbons (Fsp3) is 0.889. The van der Waals surface area contributed by atoms with Crippen molar-refractivity contribution in [2.24, 2.45) is 5.92 Å². The van der Waals surface area contributed by atoms with Gasteiger partial charge in [0.15, 0.2) is 0 Å². The molecule has 0 aromatic carbocycles. The number of alkyl halides is 2. The van der Waals surface area contributed by atoms with Gasteiger partial charge < -0.3 is 10.1 Å². The molecule has 0 aromatic heterocycles. The molecule has 1 heterocycles. The van der Waals surface area contributed by atoms with Crippen LogP contribution in [0.15, 0.2) is 0 Å². The first-order valence-electron chi connectivity index (χ1n) is 4.88. The van der Waals surface area contributed by atoms with Gasteiger partial charge in [0.05, 0.1) is 6.04 Å². The lowest BCUT2D eigenvalue weighted by molar-refractivity contribution is -0.0491. The molecule has 1 atom stereocenters. The number of ether oxygens (including phenoxy) is 1. The Morgan fingerprint density at radius 1 is 1.36 bits per heavy atom. The molecule has 14 heavy (non-hydrogen) atoms. The molecule has 0 bridgehead atoms. The van der Waals surface area contributed by atoms with E-state index in [4.69, 9.17) is 4.74 Å². The Hall–Kier alpha value is -0.870. The first-order chi connectivity index (χ1) is 6.57. The van der Waals surface area contributed by atoms with Crippen LogP contribution < -0.4 is 5.32 Å². The van der Waals surface area contributed by atoms with Gasteiger partial charge in [-0.3, -0.25) is 0 Å². The van der Waals surface area contributed by atoms with Gasteiger partial charge in [-0.05, 0) is 18.8 Å². The van der Waals surface area contributed by atoms with Crippen LogP contribution in [0.5, 0.6) is 0 Å². The van der Waals surface area contributed by atoms with E-state index in [9.17, 15) is 13.6 Å². The fourth-order valence-corrected chi connectivity index (χ4v) is 2.12. The van der Waals surface area contributed by atoms with Crippen molar-refractivity contribution in [3.8, 4) is 0 Å². The molecule has 2 aliphatic rings. The maximum atomic E-state index is 12.8. The van der Waals surface area contributed by atoms with Crippen LogP contribution in [-0.4, -0.2) is 24.7 Å². The number of hydrogen-bond donors (Lipinski definition) is 1. The van der Waals surface area contributed by atoms with Gasteiger partial charge in [0.2, 0.25) is 5.92 Å². The van der Waals surface area contributed by atoms with Crippen molar-refractivity contribution in [3.05, 3.63) is 0 Å². The van der Waals surface area contributed by atoms with E-state index in [0.29, 0.717) is 19.4 Å². The molecule has 1 saturated heterocycles. The van der Waals surface area contributed by atoms with Crippen LogP contribution in [0.4, 0.5) is 13.6 Å². The first-order valence-corrected chi connectivity index (χ1v) is 4.88. The van der Waals surface area contributed by atoms with Crippen molar-refractivity contribution >= 4 is 6.09 Å². The third kappa shape index (κ3) is 1.96. The summed E-state index contributed by atoms with van der Waals surface area (Å²) >= 11 is 0. The normalized spacial score (nSPS) is 32.4. The van der Waals surface area contributed by atoms with E-state index in [2.05, 4.69) is 5.32 Å². The number of halogens is 2. The molecule has 1 amide bonds. The fourth-order valence-electron chi connectivity index (χ4n) is 2.12. The smallest absolute Gasteiger partial charge is 0.407 e. The van der Waals surface area contributed by atoms with Gasteiger partial charge in [0.1, 0.15) is 6.61 Å². The van der Waals surface area contributed by atoms with E-state index in [-0.39, 0.29) is 24.8 Å². The molecule has 0 radical (unpaired) electrons. The van der Waals surface area contributed by atoms with Gasteiger partial charge in [0, 0.05) is 12.8 Å². The van der Waals surface area contributed by atoms with Gasteiger partial charge in [0.25, 0.3) is 0 Å². The highest BCUT2D eigenvalue weighted by molar-refractivity contribution is 5.69. The number of amides is 1. The van der Waals surface area contributed by atoms with Gasteiger partial charge in [-0.1, -0.05) is 0 Å². The molecule has 0 aromatic rings. The summed E-state index contributed by atoms with van der Waals surface area (Å²) in [5.41, 5.74) is 0. The summed E-state index contributed by atoms with van der Waals surface area (Å²) in [6.07, 6.45) is 0.392. The quantitative estimate of drug-likeness (QED) is 0.710. The number of nitrogens with one attached hydrogen (secondary N) is 1. The summed E-state index contributed by atoms with van der Waals surface area (Å²) < 4.78 is 30.4. The Balaban J connectivity index is 1.86. The molecule has 1 unspecified atom stereocenters. The van der Waals surface area contributed by atoms with Gasteiger partial charge in [-0.2, -0.15) is 0 Å². The minimum Gasteiger partial charge on any atom is -0.447 e. The summed E-state index contributed by atoms with van der Waals surface area (Å²) in [7, 11) is 0. The largest absolute Gasteiger partial charge is 0.447 e. The van der Waals surface area contributed by atoms with E-state index >= 15 is 0 Å². The Kier molecular flexibility index (Phi) is 2.33. The second-order valence-corrected chi connectivity index (χ2v) is 4.04. The molecular weight excluding hydrogens is 192 g/mol. The topological polar surface area (TPSA) is 38.3 Å². The summed E-state index contributed by atoms with van der Waals surface area (Å²) in [4.78, 5) is 10.7. The van der Waals surface area contributed by atoms with Crippen molar-refractivity contribution in [3.63, 3.8) is 0 Å². The Labute approximate surface area is 80.8 Å². The van der Waals surface area contributed by atoms with Crippen LogP contribution in [0.2, 0.25) is 0 Å². The zero-order chi connectivity index (χ0) is 10.2. The second kappa shape index (κ2) is 3.37. The first kappa shape index (κ1) is 9.68. The van der Waals surface area contributed by atoms with Gasteiger partial charge >= 0.3 is 6.09 Å². The molecular formula is C9H13F2NO2. The molecule has 1 aliphatic heterocycles. The predicted molar refractivity (Wildman–Crippen MR) is 45.2 cm³/mol. The lowest BCUT2D eigenvalue weighted by Gasteiger charge is -2.30. The minimum absolute atomic E-state index is 0.0569. The maximum absolute atomic E-state index is 12.8. The van der Waals surface area contributed by atoms with Crippen LogP contribution in [0.25, 0.3) is 0 Å². The molecule has 5 heteroatoms. The Morgan fingerprint density at radius 2 is 2.00 bits per heavy atom. The molecule has 1 N–H and O–H groups in total. The maximum Gasteiger partial charge on any atom is 0.407 e. The molecule has 2 fully saturated rings. The summed E-state index contributed by atoms with van der Waals surface area (Å²) in [6.45, 7) is 0.328. The van der Waals surface area contributed by atoms with Crippen LogP contribution in [-0.2, 0) is 4.74 Å². The number of carbonyl (C=O) groups is 1. The third-order valence-electron chi connectivity index (χ3n) is 3.03. The summed E-state index contributed by atoms with van der Waals surface area (Å²) in [5, 5.41) is 2.64.